The van der Waals surface area contributed by atoms with Gasteiger partial charge in [0.1, 0.15) is 68.7 Å². The minimum Gasteiger partial charge on any atom is -0.744 e. The fourth-order valence-corrected chi connectivity index (χ4v) is 12.7. The van der Waals surface area contributed by atoms with Gasteiger partial charge in [0.2, 0.25) is 0 Å². The van der Waals surface area contributed by atoms with Gasteiger partial charge in [0, 0.05) is 33.2 Å². The Hall–Kier alpha value is -9.38. The van der Waals surface area contributed by atoms with E-state index in [4.69, 9.17) is 9.97 Å². The number of quaternary nitrogens is 4. The molecule has 534 valence electrons. The van der Waals surface area contributed by atoms with Gasteiger partial charge in [-0.05, 0) is 214 Å². The normalized spacial score (nSPS) is 12.5. The van der Waals surface area contributed by atoms with E-state index in [-0.39, 0.29) is 19.6 Å². The number of nitrogens with one attached hydrogen (secondary N) is 2. The van der Waals surface area contributed by atoms with E-state index in [0.717, 1.165) is 120 Å². The molecule has 0 radical (unpaired) electrons. The molecule has 2 N–H and O–H groups in total. The molecule has 0 spiro atoms. The van der Waals surface area contributed by atoms with Gasteiger partial charge in [-0.2, -0.15) is 0 Å². The van der Waals surface area contributed by atoms with E-state index in [0.29, 0.717) is 4.48 Å². The number of rotatable bonds is 11. The summed E-state index contributed by atoms with van der Waals surface area (Å²) in [6, 6.07) is 58.7. The van der Waals surface area contributed by atoms with Gasteiger partial charge in [-0.3, -0.25) is 17.9 Å². The SMILES string of the molecule is C[N+](C)(C)c1ccc(-c2c3nc(c(-c4ccc([N+](C)(C)C)cc4)c4ccc([nH]4)c([N+](C)(C)C)c4nc(c(-c5ccc([N+](C)(C)C)cc5)c5ccc2[nH]5)C=C4)C=C3)cc1.Cc1ccc(S(=O)(=O)[O-])cc1.Cc1ccc(S(=O)(=O)[O-])cc1.Cc1ccc(S(=O)(=O)[O-])cc1.Cc1ccc(S(=O)(=O)[O-])cc1. The highest BCUT2D eigenvalue weighted by molar-refractivity contribution is 7.86. The third kappa shape index (κ3) is 20.5. The van der Waals surface area contributed by atoms with Crippen LogP contribution in [0.2, 0.25) is 0 Å². The van der Waals surface area contributed by atoms with Gasteiger partial charge in [0.25, 0.3) is 0 Å². The Morgan fingerprint density at radius 1 is 0.265 bits per heavy atom. The first-order valence-electron chi connectivity index (χ1n) is 32.1. The lowest BCUT2D eigenvalue weighted by atomic mass is 10.0. The molecule has 0 atom stereocenters. The molecule has 0 fully saturated rings. The van der Waals surface area contributed by atoms with E-state index in [9.17, 15) is 51.9 Å². The molecule has 3 aromatic heterocycles. The molecular weight excluding hydrogens is 1370 g/mol. The predicted molar refractivity (Wildman–Crippen MR) is 410 cm³/mol. The summed E-state index contributed by atoms with van der Waals surface area (Å²) >= 11 is 0. The Labute approximate surface area is 599 Å². The zero-order chi connectivity index (χ0) is 75.3. The van der Waals surface area contributed by atoms with Crippen LogP contribution in [-0.2, 0) is 40.5 Å². The molecule has 24 heteroatoms. The molecule has 0 saturated heterocycles. The number of H-pyrrole nitrogens is 2. The maximum atomic E-state index is 10.4. The number of nitrogens with zero attached hydrogens (tertiary/aromatic N) is 6. The topological polar surface area (TPSA) is 286 Å². The fraction of sp³-hybridized carbons (Fsp3) is 0.205. The monoisotopic (exact) mass is 1450 g/mol. The van der Waals surface area contributed by atoms with Crippen molar-refractivity contribution >= 4 is 110 Å². The fourth-order valence-electron chi connectivity index (χ4n) is 10.9. The van der Waals surface area contributed by atoms with Crippen LogP contribution in [0.15, 0.2) is 214 Å². The number of aryl methyl sites for hydroxylation is 4. The second-order valence-corrected chi connectivity index (χ2v) is 33.8. The van der Waals surface area contributed by atoms with E-state index >= 15 is 0 Å². The van der Waals surface area contributed by atoms with Crippen LogP contribution < -0.4 is 17.9 Å². The van der Waals surface area contributed by atoms with Gasteiger partial charge in [0.15, 0.2) is 5.69 Å². The van der Waals surface area contributed by atoms with E-state index in [1.807, 2.05) is 27.7 Å². The maximum Gasteiger partial charge on any atom is 0.181 e. The molecule has 2 aliphatic rings. The van der Waals surface area contributed by atoms with Crippen molar-refractivity contribution in [1.82, 2.24) is 37.9 Å². The molecule has 0 aliphatic carbocycles. The summed E-state index contributed by atoms with van der Waals surface area (Å²) in [6.07, 6.45) is 8.68. The first-order valence-corrected chi connectivity index (χ1v) is 37.7. The summed E-state index contributed by atoms with van der Waals surface area (Å²) in [5.74, 6) is 0. The lowest BCUT2D eigenvalue weighted by molar-refractivity contribution is 0.461. The second kappa shape index (κ2) is 30.7. The summed E-state index contributed by atoms with van der Waals surface area (Å²) in [5.41, 5.74) is 22.6. The molecule has 10 aromatic rings. The van der Waals surface area contributed by atoms with E-state index in [2.05, 4.69) is 216 Å². The maximum absolute atomic E-state index is 10.4. The van der Waals surface area contributed by atoms with Gasteiger partial charge in [-0.1, -0.05) is 70.8 Å². The van der Waals surface area contributed by atoms with Crippen molar-refractivity contribution in [2.24, 2.45) is 0 Å². The van der Waals surface area contributed by atoms with Crippen molar-refractivity contribution in [3.63, 3.8) is 0 Å². The largest absolute Gasteiger partial charge is 0.744 e. The number of benzene rings is 7. The third-order valence-corrected chi connectivity index (χ3v) is 19.8. The van der Waals surface area contributed by atoms with Crippen molar-refractivity contribution in [3.8, 4) is 33.4 Å². The highest BCUT2D eigenvalue weighted by Crippen LogP contribution is 2.40. The summed E-state index contributed by atoms with van der Waals surface area (Å²) in [5, 5.41) is 0. The van der Waals surface area contributed by atoms with Crippen LogP contribution in [0.3, 0.4) is 0 Å². The van der Waals surface area contributed by atoms with E-state index in [1.54, 1.807) is 48.5 Å². The Morgan fingerprint density at radius 2 is 0.471 bits per heavy atom. The summed E-state index contributed by atoms with van der Waals surface area (Å²) in [7, 11) is 9.30. The average Bonchev–Trinajstić information content (AvgIpc) is 1.60. The van der Waals surface area contributed by atoms with Crippen LogP contribution in [0.5, 0.6) is 0 Å². The Bertz CT molecular complexity index is 5050. The van der Waals surface area contributed by atoms with Crippen molar-refractivity contribution in [1.29, 1.82) is 0 Å². The summed E-state index contributed by atoms with van der Waals surface area (Å²) in [6.45, 7) is 7.28. The third-order valence-electron chi connectivity index (χ3n) is 16.4. The van der Waals surface area contributed by atoms with Crippen LogP contribution >= 0.6 is 0 Å². The van der Waals surface area contributed by atoms with Crippen molar-refractivity contribution < 1.29 is 51.9 Å². The van der Waals surface area contributed by atoms with E-state index < -0.39 is 40.5 Å². The number of aromatic amines is 2. The van der Waals surface area contributed by atoms with Crippen molar-refractivity contribution in [3.05, 3.63) is 239 Å². The first-order chi connectivity index (χ1) is 47.2. The van der Waals surface area contributed by atoms with Crippen LogP contribution in [0.1, 0.15) is 45.0 Å². The van der Waals surface area contributed by atoms with Gasteiger partial charge in [-0.25, -0.2) is 43.6 Å². The molecular formula is C78H86N8O12S4. The number of aromatic nitrogens is 4. The predicted octanol–water partition coefficient (Wildman–Crippen LogP) is 14.0. The molecule has 5 heterocycles. The second-order valence-electron chi connectivity index (χ2n) is 28.2. The molecule has 102 heavy (non-hydrogen) atoms. The average molecular weight is 1460 g/mol. The Morgan fingerprint density at radius 3 is 0.686 bits per heavy atom. The zero-order valence-electron chi connectivity index (χ0n) is 60.0. The van der Waals surface area contributed by atoms with Crippen LogP contribution in [0, 0.1) is 27.7 Å². The highest BCUT2D eigenvalue weighted by Gasteiger charge is 2.26. The summed E-state index contributed by atoms with van der Waals surface area (Å²) < 4.78 is 127. The molecule has 0 amide bonds. The van der Waals surface area contributed by atoms with Gasteiger partial charge >= 0.3 is 0 Å². The van der Waals surface area contributed by atoms with Crippen molar-refractivity contribution in [2.45, 2.75) is 47.3 Å². The minimum absolute atomic E-state index is 0.178. The lowest BCUT2D eigenvalue weighted by Gasteiger charge is -2.24. The molecule has 2 aliphatic heterocycles. The standard InChI is InChI=1S/C50H58N8.4C7H8O3S/c1-55(2,3)36-19-13-33(14-20-36)47-39-25-27-41(51-39)48(34-15-21-37(22-16-34)56(4,5)6)43-29-31-45(53-43)50(58(10,11)12)46-32-30-44(54-46)49(42-28-26-40(47)52-42)35-17-23-38(24-18-35)57(7,8)9;4*1-6-2-4-7(5-3-6)11(8,9)10/h13-32,51,54H,1-12H3;4*2-5H,1H3,(H,8,9,10)/q+4;;;;/p-4. The Kier molecular flexibility index (Phi) is 23.6. The van der Waals surface area contributed by atoms with Gasteiger partial charge in [-0.15, -0.1) is 0 Å². The van der Waals surface area contributed by atoms with Crippen molar-refractivity contribution in [2.75, 3.05) is 84.6 Å². The van der Waals surface area contributed by atoms with E-state index in [1.165, 1.54) is 65.6 Å². The summed E-state index contributed by atoms with van der Waals surface area (Å²) in [4.78, 5) is 18.0. The molecule has 0 unspecified atom stereocenters. The molecule has 20 nitrogen and oxygen atoms in total. The van der Waals surface area contributed by atoms with Crippen LogP contribution in [-0.4, -0.2) is 156 Å². The smallest absolute Gasteiger partial charge is 0.181 e. The van der Waals surface area contributed by atoms with Gasteiger partial charge in [0.05, 0.1) is 121 Å². The molecule has 8 bridgehead atoms. The first kappa shape index (κ1) is 78.3. The lowest BCUT2D eigenvalue weighted by Crippen LogP contribution is -2.35. The molecule has 12 rings (SSSR count). The molecule has 7 aromatic carbocycles. The number of hydrogen-bond donors (Lipinski definition) is 2. The molecule has 0 saturated carbocycles. The van der Waals surface area contributed by atoms with Gasteiger partial charge < -0.3 is 28.2 Å². The number of fused-ring (bicyclic) bond motifs is 8. The van der Waals surface area contributed by atoms with Crippen LogP contribution in [0.25, 0.3) is 79.8 Å². The minimum atomic E-state index is -4.27. The highest BCUT2D eigenvalue weighted by atomic mass is 32.2. The Balaban J connectivity index is 0.000000237. The number of hydrogen-bond acceptors (Lipinski definition) is 14. The zero-order valence-corrected chi connectivity index (χ0v) is 63.3. The quantitative estimate of drug-likeness (QED) is 0.0899. The van der Waals surface area contributed by atoms with Crippen LogP contribution in [0.4, 0.5) is 22.7 Å².